The van der Waals surface area contributed by atoms with Crippen molar-refractivity contribution in [3.8, 4) is 5.75 Å². The van der Waals surface area contributed by atoms with Gasteiger partial charge in [0.25, 0.3) is 0 Å². The van der Waals surface area contributed by atoms with Gasteiger partial charge in [0.15, 0.2) is 0 Å². The SMILES string of the molecule is COc1cc(Cl)c(C)cc1Nc1cc(Cl)nc(C(C)C)n1. The summed E-state index contributed by atoms with van der Waals surface area (Å²) in [5.74, 6) is 2.15. The Balaban J connectivity index is 2.40. The third kappa shape index (κ3) is 3.77. The maximum absolute atomic E-state index is 6.11. The van der Waals surface area contributed by atoms with Crippen LogP contribution in [0.5, 0.6) is 5.75 Å². The van der Waals surface area contributed by atoms with Crippen molar-refractivity contribution in [1.29, 1.82) is 0 Å². The van der Waals surface area contributed by atoms with Gasteiger partial charge in [0.2, 0.25) is 0 Å². The Morgan fingerprint density at radius 2 is 1.86 bits per heavy atom. The van der Waals surface area contributed by atoms with Crippen molar-refractivity contribution in [3.63, 3.8) is 0 Å². The molecule has 112 valence electrons. The first-order valence-electron chi connectivity index (χ1n) is 6.56. The number of halogens is 2. The van der Waals surface area contributed by atoms with Crippen LogP contribution in [-0.4, -0.2) is 17.1 Å². The maximum Gasteiger partial charge on any atom is 0.143 e. The summed E-state index contributed by atoms with van der Waals surface area (Å²) in [5.41, 5.74) is 1.73. The fourth-order valence-electron chi connectivity index (χ4n) is 1.83. The molecule has 1 heterocycles. The number of hydrogen-bond acceptors (Lipinski definition) is 4. The van der Waals surface area contributed by atoms with Gasteiger partial charge in [-0.3, -0.25) is 0 Å². The van der Waals surface area contributed by atoms with Gasteiger partial charge in [0, 0.05) is 23.1 Å². The summed E-state index contributed by atoms with van der Waals surface area (Å²) in [6, 6.07) is 5.36. The molecule has 0 saturated heterocycles. The number of hydrogen-bond donors (Lipinski definition) is 1. The lowest BCUT2D eigenvalue weighted by Crippen LogP contribution is -2.03. The number of nitrogens with zero attached hydrogens (tertiary/aromatic N) is 2. The zero-order valence-electron chi connectivity index (χ0n) is 12.4. The Bertz CT molecular complexity index is 660. The quantitative estimate of drug-likeness (QED) is 0.806. The van der Waals surface area contributed by atoms with E-state index in [1.54, 1.807) is 19.2 Å². The Morgan fingerprint density at radius 3 is 2.48 bits per heavy atom. The van der Waals surface area contributed by atoms with Crippen LogP contribution >= 0.6 is 23.2 Å². The molecule has 0 radical (unpaired) electrons. The summed E-state index contributed by atoms with van der Waals surface area (Å²) >= 11 is 12.2. The van der Waals surface area contributed by atoms with Crippen LogP contribution in [-0.2, 0) is 0 Å². The fourth-order valence-corrected chi connectivity index (χ4v) is 2.17. The fraction of sp³-hybridized carbons (Fsp3) is 0.333. The van der Waals surface area contributed by atoms with Crippen molar-refractivity contribution in [2.75, 3.05) is 12.4 Å². The number of aromatic nitrogens is 2. The smallest absolute Gasteiger partial charge is 0.143 e. The minimum absolute atomic E-state index is 0.193. The molecule has 0 aliphatic carbocycles. The van der Waals surface area contributed by atoms with Gasteiger partial charge in [0.1, 0.15) is 22.5 Å². The molecule has 6 heteroatoms. The average molecular weight is 326 g/mol. The predicted molar refractivity (Wildman–Crippen MR) is 87.2 cm³/mol. The second-order valence-electron chi connectivity index (χ2n) is 5.02. The molecule has 0 unspecified atom stereocenters. The van der Waals surface area contributed by atoms with Gasteiger partial charge in [-0.2, -0.15) is 0 Å². The third-order valence-electron chi connectivity index (χ3n) is 2.97. The highest BCUT2D eigenvalue weighted by atomic mass is 35.5. The molecule has 0 amide bonds. The van der Waals surface area contributed by atoms with Crippen LogP contribution in [0.3, 0.4) is 0 Å². The van der Waals surface area contributed by atoms with Crippen molar-refractivity contribution in [3.05, 3.63) is 39.8 Å². The average Bonchev–Trinajstić information content (AvgIpc) is 2.42. The molecule has 21 heavy (non-hydrogen) atoms. The first-order valence-corrected chi connectivity index (χ1v) is 7.32. The molecular formula is C15H17Cl2N3O. The molecule has 2 aromatic rings. The van der Waals surface area contributed by atoms with Gasteiger partial charge >= 0.3 is 0 Å². The van der Waals surface area contributed by atoms with Crippen molar-refractivity contribution < 1.29 is 4.74 Å². The second-order valence-corrected chi connectivity index (χ2v) is 5.81. The van der Waals surface area contributed by atoms with Crippen molar-refractivity contribution >= 4 is 34.7 Å². The standard InChI is InChI=1S/C15H17Cl2N3O/c1-8(2)15-19-13(17)7-14(20-15)18-11-5-9(3)10(16)6-12(11)21-4/h5-8H,1-4H3,(H,18,19,20). The van der Waals surface area contributed by atoms with Gasteiger partial charge < -0.3 is 10.1 Å². The second kappa shape index (κ2) is 6.50. The molecule has 0 fully saturated rings. The molecule has 1 N–H and O–H groups in total. The highest BCUT2D eigenvalue weighted by Gasteiger charge is 2.11. The lowest BCUT2D eigenvalue weighted by atomic mass is 10.2. The first kappa shape index (κ1) is 15.9. The van der Waals surface area contributed by atoms with E-state index in [0.29, 0.717) is 27.6 Å². The van der Waals surface area contributed by atoms with E-state index in [9.17, 15) is 0 Å². The minimum atomic E-state index is 0.193. The summed E-state index contributed by atoms with van der Waals surface area (Å²) in [6.45, 7) is 5.96. The molecule has 0 saturated carbocycles. The number of aryl methyl sites for hydroxylation is 1. The van der Waals surface area contributed by atoms with Crippen LogP contribution in [0.4, 0.5) is 11.5 Å². The lowest BCUT2D eigenvalue weighted by Gasteiger charge is -2.14. The van der Waals surface area contributed by atoms with Crippen LogP contribution in [0.15, 0.2) is 18.2 Å². The molecule has 0 aliphatic rings. The van der Waals surface area contributed by atoms with Gasteiger partial charge in [0.05, 0.1) is 12.8 Å². The third-order valence-corrected chi connectivity index (χ3v) is 3.57. The predicted octanol–water partition coefficient (Wildman–Crippen LogP) is 4.97. The minimum Gasteiger partial charge on any atom is -0.495 e. The molecule has 0 aliphatic heterocycles. The van der Waals surface area contributed by atoms with Crippen molar-refractivity contribution in [2.24, 2.45) is 0 Å². The largest absolute Gasteiger partial charge is 0.495 e. The molecule has 0 atom stereocenters. The van der Waals surface area contributed by atoms with Crippen LogP contribution in [0, 0.1) is 6.92 Å². The molecular weight excluding hydrogens is 309 g/mol. The zero-order valence-corrected chi connectivity index (χ0v) is 13.9. The zero-order chi connectivity index (χ0) is 15.6. The van der Waals surface area contributed by atoms with Gasteiger partial charge in [-0.25, -0.2) is 9.97 Å². The highest BCUT2D eigenvalue weighted by molar-refractivity contribution is 6.31. The molecule has 4 nitrogen and oxygen atoms in total. The summed E-state index contributed by atoms with van der Waals surface area (Å²) in [5, 5.41) is 4.27. The van der Waals surface area contributed by atoms with E-state index in [1.165, 1.54) is 0 Å². The van der Waals surface area contributed by atoms with E-state index in [0.717, 1.165) is 11.3 Å². The Hall–Kier alpha value is -1.52. The number of rotatable bonds is 4. The number of ether oxygens (including phenoxy) is 1. The van der Waals surface area contributed by atoms with Crippen LogP contribution in [0.25, 0.3) is 0 Å². The van der Waals surface area contributed by atoms with E-state index in [4.69, 9.17) is 27.9 Å². The van der Waals surface area contributed by atoms with E-state index in [-0.39, 0.29) is 5.92 Å². The first-order chi connectivity index (χ1) is 9.90. The normalized spacial score (nSPS) is 10.8. The van der Waals surface area contributed by atoms with E-state index < -0.39 is 0 Å². The number of nitrogens with one attached hydrogen (secondary N) is 1. The summed E-state index contributed by atoms with van der Waals surface area (Å²) in [7, 11) is 1.60. The van der Waals surface area contributed by atoms with Crippen LogP contribution in [0.1, 0.15) is 31.2 Å². The monoisotopic (exact) mass is 325 g/mol. The summed E-state index contributed by atoms with van der Waals surface area (Å²) in [4.78, 5) is 8.67. The van der Waals surface area contributed by atoms with E-state index in [2.05, 4.69) is 15.3 Å². The Morgan fingerprint density at radius 1 is 1.14 bits per heavy atom. The maximum atomic E-state index is 6.11. The molecule has 0 bridgehead atoms. The van der Waals surface area contributed by atoms with Crippen molar-refractivity contribution in [2.45, 2.75) is 26.7 Å². The molecule has 1 aromatic carbocycles. The summed E-state index contributed by atoms with van der Waals surface area (Å²) in [6.07, 6.45) is 0. The number of benzene rings is 1. The molecule has 1 aromatic heterocycles. The van der Waals surface area contributed by atoms with E-state index in [1.807, 2.05) is 26.8 Å². The Labute approximate surface area is 134 Å². The lowest BCUT2D eigenvalue weighted by molar-refractivity contribution is 0.416. The topological polar surface area (TPSA) is 47.0 Å². The number of anilines is 2. The van der Waals surface area contributed by atoms with Crippen LogP contribution in [0.2, 0.25) is 10.2 Å². The van der Waals surface area contributed by atoms with Gasteiger partial charge in [-0.1, -0.05) is 37.0 Å². The van der Waals surface area contributed by atoms with Gasteiger partial charge in [-0.15, -0.1) is 0 Å². The number of methoxy groups -OCH3 is 1. The van der Waals surface area contributed by atoms with E-state index >= 15 is 0 Å². The van der Waals surface area contributed by atoms with Crippen molar-refractivity contribution in [1.82, 2.24) is 9.97 Å². The summed E-state index contributed by atoms with van der Waals surface area (Å²) < 4.78 is 5.34. The van der Waals surface area contributed by atoms with Gasteiger partial charge in [-0.05, 0) is 18.6 Å². The van der Waals surface area contributed by atoms with Crippen LogP contribution < -0.4 is 10.1 Å². The molecule has 2 rings (SSSR count). The Kier molecular flexibility index (Phi) is 4.91. The molecule has 0 spiro atoms. The highest BCUT2D eigenvalue weighted by Crippen LogP contribution is 2.33.